The van der Waals surface area contributed by atoms with Crippen LogP contribution in [0.3, 0.4) is 0 Å². The van der Waals surface area contributed by atoms with Gasteiger partial charge in [0.1, 0.15) is 6.42 Å². The molecule has 1 aromatic rings. The second-order valence-corrected chi connectivity index (χ2v) is 3.28. The number of hydrogen-bond acceptors (Lipinski definition) is 3. The van der Waals surface area contributed by atoms with Gasteiger partial charge in [0.05, 0.1) is 7.11 Å². The van der Waals surface area contributed by atoms with Crippen molar-refractivity contribution in [3.63, 3.8) is 0 Å². The SMILES string of the molecule is COc1cc(CNC(=O)CC(F)(F)F)ccn1. The number of methoxy groups -OCH3 is 1. The summed E-state index contributed by atoms with van der Waals surface area (Å²) >= 11 is 0. The Morgan fingerprint density at radius 2 is 2.24 bits per heavy atom. The molecule has 1 heterocycles. The standard InChI is InChI=1S/C10H11F3N2O2/c1-17-9-4-7(2-3-14-9)6-15-8(16)5-10(11,12)13/h2-4H,5-6H2,1H3,(H,15,16). The van der Waals surface area contributed by atoms with E-state index in [4.69, 9.17) is 4.74 Å². The number of carbonyl (C=O) groups excluding carboxylic acids is 1. The molecule has 0 aromatic carbocycles. The third-order valence-corrected chi connectivity index (χ3v) is 1.86. The lowest BCUT2D eigenvalue weighted by Crippen LogP contribution is -2.28. The number of ether oxygens (including phenoxy) is 1. The van der Waals surface area contributed by atoms with E-state index in [2.05, 4.69) is 10.3 Å². The molecule has 1 N–H and O–H groups in total. The number of nitrogens with zero attached hydrogens (tertiary/aromatic N) is 1. The highest BCUT2D eigenvalue weighted by Gasteiger charge is 2.30. The van der Waals surface area contributed by atoms with E-state index in [1.165, 1.54) is 19.4 Å². The van der Waals surface area contributed by atoms with E-state index in [9.17, 15) is 18.0 Å². The fourth-order valence-corrected chi connectivity index (χ4v) is 1.12. The number of nitrogens with one attached hydrogen (secondary N) is 1. The molecule has 17 heavy (non-hydrogen) atoms. The predicted octanol–water partition coefficient (Wildman–Crippen LogP) is 1.66. The Morgan fingerprint density at radius 1 is 1.53 bits per heavy atom. The van der Waals surface area contributed by atoms with Crippen LogP contribution in [-0.4, -0.2) is 24.2 Å². The zero-order valence-corrected chi connectivity index (χ0v) is 9.04. The number of amides is 1. The summed E-state index contributed by atoms with van der Waals surface area (Å²) in [4.78, 5) is 14.7. The first-order valence-corrected chi connectivity index (χ1v) is 4.73. The van der Waals surface area contributed by atoms with E-state index in [0.717, 1.165) is 0 Å². The average molecular weight is 248 g/mol. The quantitative estimate of drug-likeness (QED) is 0.881. The smallest absolute Gasteiger partial charge is 0.397 e. The Hall–Kier alpha value is -1.79. The lowest BCUT2D eigenvalue weighted by Gasteiger charge is -2.08. The van der Waals surface area contributed by atoms with Gasteiger partial charge in [-0.1, -0.05) is 0 Å². The molecule has 0 aliphatic heterocycles. The minimum Gasteiger partial charge on any atom is -0.481 e. The second kappa shape index (κ2) is 5.51. The highest BCUT2D eigenvalue weighted by molar-refractivity contribution is 5.76. The zero-order chi connectivity index (χ0) is 12.9. The van der Waals surface area contributed by atoms with Crippen LogP contribution in [0.1, 0.15) is 12.0 Å². The fourth-order valence-electron chi connectivity index (χ4n) is 1.12. The maximum absolute atomic E-state index is 11.9. The molecule has 0 saturated carbocycles. The van der Waals surface area contributed by atoms with Crippen LogP contribution in [-0.2, 0) is 11.3 Å². The topological polar surface area (TPSA) is 51.2 Å². The van der Waals surface area contributed by atoms with Gasteiger partial charge in [-0.25, -0.2) is 4.98 Å². The maximum atomic E-state index is 11.9. The van der Waals surface area contributed by atoms with Gasteiger partial charge < -0.3 is 10.1 Å². The van der Waals surface area contributed by atoms with Crippen molar-refractivity contribution in [3.8, 4) is 5.88 Å². The summed E-state index contributed by atoms with van der Waals surface area (Å²) in [5.41, 5.74) is 0.618. The van der Waals surface area contributed by atoms with Gasteiger partial charge in [-0.15, -0.1) is 0 Å². The van der Waals surface area contributed by atoms with E-state index in [1.807, 2.05) is 0 Å². The molecule has 7 heteroatoms. The Kier molecular flexibility index (Phi) is 4.30. The Labute approximate surface area is 95.8 Å². The predicted molar refractivity (Wildman–Crippen MR) is 53.3 cm³/mol. The third-order valence-electron chi connectivity index (χ3n) is 1.86. The van der Waals surface area contributed by atoms with E-state index < -0.39 is 18.5 Å². The van der Waals surface area contributed by atoms with Crippen LogP contribution in [0, 0.1) is 0 Å². The van der Waals surface area contributed by atoms with Crippen molar-refractivity contribution in [2.45, 2.75) is 19.1 Å². The fraction of sp³-hybridized carbons (Fsp3) is 0.400. The molecule has 0 atom stereocenters. The molecular formula is C10H11F3N2O2. The highest BCUT2D eigenvalue weighted by atomic mass is 19.4. The Morgan fingerprint density at radius 3 is 2.82 bits per heavy atom. The molecular weight excluding hydrogens is 237 g/mol. The molecule has 4 nitrogen and oxygen atoms in total. The average Bonchev–Trinajstić information content (AvgIpc) is 2.24. The number of aromatic nitrogens is 1. The van der Waals surface area contributed by atoms with Crippen LogP contribution in [0.2, 0.25) is 0 Å². The highest BCUT2D eigenvalue weighted by Crippen LogP contribution is 2.19. The first kappa shape index (κ1) is 13.3. The molecule has 1 aromatic heterocycles. The molecule has 0 saturated heterocycles. The normalized spacial score (nSPS) is 11.1. The molecule has 0 aliphatic carbocycles. The number of carbonyl (C=O) groups is 1. The first-order valence-electron chi connectivity index (χ1n) is 4.73. The summed E-state index contributed by atoms with van der Waals surface area (Å²) < 4.78 is 40.4. The van der Waals surface area contributed by atoms with Crippen molar-refractivity contribution >= 4 is 5.91 Å². The molecule has 0 aliphatic rings. The molecule has 0 unspecified atom stereocenters. The lowest BCUT2D eigenvalue weighted by molar-refractivity contribution is -0.153. The van der Waals surface area contributed by atoms with Gasteiger partial charge in [0, 0.05) is 18.8 Å². The van der Waals surface area contributed by atoms with Gasteiger partial charge in [0.15, 0.2) is 0 Å². The monoisotopic (exact) mass is 248 g/mol. The van der Waals surface area contributed by atoms with Gasteiger partial charge in [-0.2, -0.15) is 13.2 Å². The van der Waals surface area contributed by atoms with Crippen LogP contribution in [0.15, 0.2) is 18.3 Å². The summed E-state index contributed by atoms with van der Waals surface area (Å²) in [6.07, 6.45) is -4.51. The molecule has 1 rings (SSSR count). The first-order chi connectivity index (χ1) is 7.90. The molecule has 1 amide bonds. The third kappa shape index (κ3) is 5.19. The van der Waals surface area contributed by atoms with Gasteiger partial charge >= 0.3 is 6.18 Å². The van der Waals surface area contributed by atoms with Gasteiger partial charge in [-0.3, -0.25) is 4.79 Å². The minimum absolute atomic E-state index is 0.00773. The number of alkyl halides is 3. The molecule has 94 valence electrons. The van der Waals surface area contributed by atoms with Crippen LogP contribution in [0.4, 0.5) is 13.2 Å². The van der Waals surface area contributed by atoms with Crippen molar-refractivity contribution in [1.82, 2.24) is 10.3 Å². The molecule has 0 radical (unpaired) electrons. The second-order valence-electron chi connectivity index (χ2n) is 3.28. The summed E-state index contributed by atoms with van der Waals surface area (Å²) in [7, 11) is 1.42. The van der Waals surface area contributed by atoms with Crippen LogP contribution in [0.5, 0.6) is 5.88 Å². The van der Waals surface area contributed by atoms with Crippen molar-refractivity contribution in [2.24, 2.45) is 0 Å². The summed E-state index contributed by atoms with van der Waals surface area (Å²) in [6.45, 7) is 0.00773. The molecule has 0 spiro atoms. The zero-order valence-electron chi connectivity index (χ0n) is 9.04. The van der Waals surface area contributed by atoms with E-state index in [0.29, 0.717) is 11.4 Å². The van der Waals surface area contributed by atoms with E-state index in [1.54, 1.807) is 6.07 Å². The summed E-state index contributed by atoms with van der Waals surface area (Å²) in [6, 6.07) is 3.12. The summed E-state index contributed by atoms with van der Waals surface area (Å²) in [5.74, 6) is -0.721. The van der Waals surface area contributed by atoms with Gasteiger partial charge in [0.25, 0.3) is 0 Å². The number of pyridine rings is 1. The Bertz CT molecular complexity index is 393. The van der Waals surface area contributed by atoms with Crippen molar-refractivity contribution in [3.05, 3.63) is 23.9 Å². The number of hydrogen-bond donors (Lipinski definition) is 1. The summed E-state index contributed by atoms with van der Waals surface area (Å²) in [5, 5.41) is 2.16. The number of rotatable bonds is 4. The van der Waals surface area contributed by atoms with Gasteiger partial charge in [0.2, 0.25) is 11.8 Å². The van der Waals surface area contributed by atoms with Crippen LogP contribution < -0.4 is 10.1 Å². The molecule has 0 bridgehead atoms. The molecule has 0 fully saturated rings. The van der Waals surface area contributed by atoms with Crippen molar-refractivity contribution in [1.29, 1.82) is 0 Å². The minimum atomic E-state index is -4.49. The van der Waals surface area contributed by atoms with E-state index in [-0.39, 0.29) is 6.54 Å². The Balaban J connectivity index is 2.47. The van der Waals surface area contributed by atoms with E-state index >= 15 is 0 Å². The van der Waals surface area contributed by atoms with Gasteiger partial charge in [-0.05, 0) is 11.6 Å². The van der Waals surface area contributed by atoms with Crippen molar-refractivity contribution in [2.75, 3.05) is 7.11 Å². The maximum Gasteiger partial charge on any atom is 0.397 e. The lowest BCUT2D eigenvalue weighted by atomic mass is 10.2. The van der Waals surface area contributed by atoms with Crippen LogP contribution in [0.25, 0.3) is 0 Å². The largest absolute Gasteiger partial charge is 0.481 e. The number of halogens is 3. The van der Waals surface area contributed by atoms with Crippen LogP contribution >= 0.6 is 0 Å². The van der Waals surface area contributed by atoms with Crippen molar-refractivity contribution < 1.29 is 22.7 Å².